The van der Waals surface area contributed by atoms with E-state index < -0.39 is 0 Å². The zero-order valence-corrected chi connectivity index (χ0v) is 13.3. The monoisotopic (exact) mass is 313 g/mol. The van der Waals surface area contributed by atoms with Crippen molar-refractivity contribution in [1.29, 1.82) is 0 Å². The van der Waals surface area contributed by atoms with E-state index >= 15 is 0 Å². The molecule has 0 aliphatic carbocycles. The average molecular weight is 313 g/mol. The molecule has 23 heavy (non-hydrogen) atoms. The standard InChI is InChI=1S/C11H14N2O.C7H9NO/c12-8-3-4-10-11(6-8)14-7-9-2-1-5-13(9)10;1-5-2-3-6(8)4-7(5)9/h3-4,6,9H,1-2,5,7,12H2;2-4,9H,8H2,1H3. The van der Waals surface area contributed by atoms with E-state index in [1.165, 1.54) is 24.6 Å². The highest BCUT2D eigenvalue weighted by Gasteiger charge is 2.31. The normalized spacial score (nSPS) is 18.3. The molecule has 2 aromatic rings. The zero-order valence-electron chi connectivity index (χ0n) is 13.3. The molecule has 1 fully saturated rings. The molecule has 0 saturated carbocycles. The van der Waals surface area contributed by atoms with Gasteiger partial charge in [0, 0.05) is 30.1 Å². The van der Waals surface area contributed by atoms with Gasteiger partial charge in [0.05, 0.1) is 11.7 Å². The molecule has 122 valence electrons. The maximum atomic E-state index is 9.02. The Labute approximate surface area is 136 Å². The van der Waals surface area contributed by atoms with Gasteiger partial charge in [-0.25, -0.2) is 0 Å². The van der Waals surface area contributed by atoms with Crippen molar-refractivity contribution in [2.75, 3.05) is 29.5 Å². The topological polar surface area (TPSA) is 84.7 Å². The number of anilines is 3. The number of fused-ring (bicyclic) bond motifs is 3. The van der Waals surface area contributed by atoms with Crippen molar-refractivity contribution in [3.63, 3.8) is 0 Å². The summed E-state index contributed by atoms with van der Waals surface area (Å²) in [4.78, 5) is 2.44. The van der Waals surface area contributed by atoms with Crippen LogP contribution in [0.4, 0.5) is 17.1 Å². The van der Waals surface area contributed by atoms with Gasteiger partial charge in [0.15, 0.2) is 0 Å². The van der Waals surface area contributed by atoms with Crippen molar-refractivity contribution < 1.29 is 9.84 Å². The summed E-state index contributed by atoms with van der Waals surface area (Å²) in [5, 5.41) is 9.02. The van der Waals surface area contributed by atoms with Gasteiger partial charge in [-0.15, -0.1) is 0 Å². The molecule has 2 aliphatic rings. The molecule has 2 aromatic carbocycles. The number of hydrogen-bond donors (Lipinski definition) is 3. The minimum Gasteiger partial charge on any atom is -0.508 e. The van der Waals surface area contributed by atoms with Crippen molar-refractivity contribution in [2.24, 2.45) is 0 Å². The summed E-state index contributed by atoms with van der Waals surface area (Å²) in [5.74, 6) is 1.21. The molecule has 2 aliphatic heterocycles. The molecule has 1 saturated heterocycles. The van der Waals surface area contributed by atoms with E-state index in [2.05, 4.69) is 11.0 Å². The molecule has 1 unspecified atom stereocenters. The molecular weight excluding hydrogens is 290 g/mol. The van der Waals surface area contributed by atoms with Crippen LogP contribution >= 0.6 is 0 Å². The zero-order chi connectivity index (χ0) is 16.4. The van der Waals surface area contributed by atoms with Crippen molar-refractivity contribution >= 4 is 17.1 Å². The van der Waals surface area contributed by atoms with Crippen LogP contribution in [-0.4, -0.2) is 24.3 Å². The van der Waals surface area contributed by atoms with Crippen LogP contribution in [0.5, 0.6) is 11.5 Å². The first-order valence-electron chi connectivity index (χ1n) is 7.88. The fraction of sp³-hybridized carbons (Fsp3) is 0.333. The van der Waals surface area contributed by atoms with Gasteiger partial charge in [0.2, 0.25) is 0 Å². The number of benzene rings is 2. The summed E-state index contributed by atoms with van der Waals surface area (Å²) in [6, 6.07) is 11.6. The molecule has 0 radical (unpaired) electrons. The van der Waals surface area contributed by atoms with E-state index in [1.54, 1.807) is 12.1 Å². The molecule has 5 nitrogen and oxygen atoms in total. The van der Waals surface area contributed by atoms with Crippen molar-refractivity contribution in [3.05, 3.63) is 42.0 Å². The lowest BCUT2D eigenvalue weighted by Crippen LogP contribution is -2.38. The third-order valence-electron chi connectivity index (χ3n) is 4.33. The summed E-state index contributed by atoms with van der Waals surface area (Å²) in [6.07, 6.45) is 2.53. The van der Waals surface area contributed by atoms with Gasteiger partial charge < -0.3 is 26.2 Å². The number of nitrogen functional groups attached to an aromatic ring is 2. The molecule has 5 N–H and O–H groups in total. The second-order valence-corrected chi connectivity index (χ2v) is 6.07. The van der Waals surface area contributed by atoms with Crippen LogP contribution in [0.1, 0.15) is 18.4 Å². The fourth-order valence-electron chi connectivity index (χ4n) is 3.02. The second-order valence-electron chi connectivity index (χ2n) is 6.07. The summed E-state index contributed by atoms with van der Waals surface area (Å²) >= 11 is 0. The summed E-state index contributed by atoms with van der Waals surface area (Å²) in [5.41, 5.74) is 14.5. The Bertz CT molecular complexity index is 703. The Morgan fingerprint density at radius 3 is 2.61 bits per heavy atom. The smallest absolute Gasteiger partial charge is 0.144 e. The van der Waals surface area contributed by atoms with Crippen LogP contribution in [0, 0.1) is 6.92 Å². The Kier molecular flexibility index (Phi) is 4.19. The van der Waals surface area contributed by atoms with Crippen LogP contribution in [0.2, 0.25) is 0 Å². The molecule has 0 bridgehead atoms. The van der Waals surface area contributed by atoms with Crippen molar-refractivity contribution in [3.8, 4) is 11.5 Å². The van der Waals surface area contributed by atoms with E-state index in [1.807, 2.05) is 19.1 Å². The lowest BCUT2D eigenvalue weighted by molar-refractivity contribution is 0.272. The second kappa shape index (κ2) is 6.28. The summed E-state index contributed by atoms with van der Waals surface area (Å²) < 4.78 is 5.70. The highest BCUT2D eigenvalue weighted by molar-refractivity contribution is 5.66. The number of hydrogen-bond acceptors (Lipinski definition) is 5. The molecule has 2 heterocycles. The summed E-state index contributed by atoms with van der Waals surface area (Å²) in [6.45, 7) is 3.80. The average Bonchev–Trinajstić information content (AvgIpc) is 3.00. The third kappa shape index (κ3) is 3.28. The minimum atomic E-state index is 0.259. The number of aromatic hydroxyl groups is 1. The molecule has 0 aromatic heterocycles. The highest BCUT2D eigenvalue weighted by atomic mass is 16.5. The number of rotatable bonds is 0. The van der Waals surface area contributed by atoms with Crippen LogP contribution in [0.25, 0.3) is 0 Å². The lowest BCUT2D eigenvalue weighted by atomic mass is 10.1. The SMILES string of the molecule is Cc1ccc(N)cc1O.Nc1ccc2c(c1)OCC1CCCN21. The van der Waals surface area contributed by atoms with Crippen LogP contribution in [-0.2, 0) is 0 Å². The predicted molar refractivity (Wildman–Crippen MR) is 94.0 cm³/mol. The number of nitrogens with two attached hydrogens (primary N) is 2. The number of phenols is 1. The van der Waals surface area contributed by atoms with E-state index in [0.717, 1.165) is 30.2 Å². The Morgan fingerprint density at radius 2 is 1.87 bits per heavy atom. The van der Waals surface area contributed by atoms with E-state index in [9.17, 15) is 0 Å². The molecular formula is C18H23N3O2. The van der Waals surface area contributed by atoms with Gasteiger partial charge in [-0.05, 0) is 43.5 Å². The van der Waals surface area contributed by atoms with E-state index in [0.29, 0.717) is 11.7 Å². The number of ether oxygens (including phenoxy) is 1. The van der Waals surface area contributed by atoms with E-state index in [-0.39, 0.29) is 5.75 Å². The van der Waals surface area contributed by atoms with Crippen molar-refractivity contribution in [2.45, 2.75) is 25.8 Å². The van der Waals surface area contributed by atoms with Gasteiger partial charge in [-0.3, -0.25) is 0 Å². The maximum absolute atomic E-state index is 9.02. The predicted octanol–water partition coefficient (Wildman–Crippen LogP) is 2.91. The van der Waals surface area contributed by atoms with Gasteiger partial charge in [-0.1, -0.05) is 6.07 Å². The number of nitrogens with zero attached hydrogens (tertiary/aromatic N) is 1. The van der Waals surface area contributed by atoms with Gasteiger partial charge in [0.25, 0.3) is 0 Å². The van der Waals surface area contributed by atoms with Crippen molar-refractivity contribution in [1.82, 2.24) is 0 Å². The molecule has 0 spiro atoms. The quantitative estimate of drug-likeness (QED) is 0.651. The first kappa shape index (κ1) is 15.3. The largest absolute Gasteiger partial charge is 0.508 e. The molecule has 5 heteroatoms. The maximum Gasteiger partial charge on any atom is 0.144 e. The van der Waals surface area contributed by atoms with Crippen LogP contribution in [0.3, 0.4) is 0 Å². The summed E-state index contributed by atoms with van der Waals surface area (Å²) in [7, 11) is 0. The van der Waals surface area contributed by atoms with Gasteiger partial charge >= 0.3 is 0 Å². The van der Waals surface area contributed by atoms with Crippen LogP contribution < -0.4 is 21.1 Å². The molecule has 4 rings (SSSR count). The van der Waals surface area contributed by atoms with Gasteiger partial charge in [-0.2, -0.15) is 0 Å². The highest BCUT2D eigenvalue weighted by Crippen LogP contribution is 2.38. The molecule has 0 amide bonds. The lowest BCUT2D eigenvalue weighted by Gasteiger charge is -2.33. The number of aryl methyl sites for hydroxylation is 1. The number of phenolic OH excluding ortho intramolecular Hbond substituents is 1. The van der Waals surface area contributed by atoms with Gasteiger partial charge in [0.1, 0.15) is 18.1 Å². The van der Waals surface area contributed by atoms with Crippen LogP contribution in [0.15, 0.2) is 36.4 Å². The first-order valence-corrected chi connectivity index (χ1v) is 7.88. The first-order chi connectivity index (χ1) is 11.0. The minimum absolute atomic E-state index is 0.259. The third-order valence-corrected chi connectivity index (χ3v) is 4.33. The van der Waals surface area contributed by atoms with E-state index in [4.69, 9.17) is 21.3 Å². The Balaban J connectivity index is 0.000000151. The Morgan fingerprint density at radius 1 is 1.13 bits per heavy atom. The Hall–Kier alpha value is -2.56. The molecule has 1 atom stereocenters. The fourth-order valence-corrected chi connectivity index (χ4v) is 3.02.